The molecule has 0 fully saturated rings. The van der Waals surface area contributed by atoms with Crippen LogP contribution in [0, 0.1) is 0 Å². The molecule has 0 aliphatic carbocycles. The molecule has 0 atom stereocenters. The summed E-state index contributed by atoms with van der Waals surface area (Å²) in [6.07, 6.45) is 0. The fourth-order valence-corrected chi connectivity index (χ4v) is 2.77. The quantitative estimate of drug-likeness (QED) is 0.843. The maximum absolute atomic E-state index is 11.3. The second kappa shape index (κ2) is 5.93. The van der Waals surface area contributed by atoms with Gasteiger partial charge in [0.25, 0.3) is 0 Å². The van der Waals surface area contributed by atoms with E-state index < -0.39 is 10.0 Å². The van der Waals surface area contributed by atoms with Crippen LogP contribution < -0.4 is 15.8 Å². The molecule has 2 rings (SSSR count). The van der Waals surface area contributed by atoms with Gasteiger partial charge in [0.2, 0.25) is 10.0 Å². The van der Waals surface area contributed by atoms with Crippen molar-refractivity contribution in [3.8, 4) is 0 Å². The van der Waals surface area contributed by atoms with E-state index in [9.17, 15) is 8.42 Å². The largest absolute Gasteiger partial charge is 0.397 e. The van der Waals surface area contributed by atoms with Crippen LogP contribution in [0.1, 0.15) is 5.56 Å². The number of anilines is 2. The minimum atomic E-state index is -3.75. The summed E-state index contributed by atoms with van der Waals surface area (Å²) in [6, 6.07) is 11.9. The Bertz CT molecular complexity index is 763. The van der Waals surface area contributed by atoms with Gasteiger partial charge in [-0.1, -0.05) is 29.8 Å². The number of hydrogen-bond donors (Lipinski definition) is 2. The third-order valence-corrected chi connectivity index (χ3v) is 4.38. The van der Waals surface area contributed by atoms with E-state index in [-0.39, 0.29) is 4.90 Å². The Morgan fingerprint density at radius 1 is 1.19 bits per heavy atom. The summed E-state index contributed by atoms with van der Waals surface area (Å²) in [5.41, 5.74) is 7.93. The number of nitrogens with two attached hydrogens (primary N) is 2. The van der Waals surface area contributed by atoms with Crippen LogP contribution >= 0.6 is 11.6 Å². The van der Waals surface area contributed by atoms with Crippen LogP contribution in [-0.4, -0.2) is 15.5 Å². The summed E-state index contributed by atoms with van der Waals surface area (Å²) in [7, 11) is -1.90. The van der Waals surface area contributed by atoms with E-state index >= 15 is 0 Å². The molecule has 0 amide bonds. The number of rotatable bonds is 4. The molecule has 0 aromatic heterocycles. The van der Waals surface area contributed by atoms with Crippen LogP contribution in [0.3, 0.4) is 0 Å². The third-order valence-electron chi connectivity index (χ3n) is 3.10. The van der Waals surface area contributed by atoms with Gasteiger partial charge in [-0.15, -0.1) is 0 Å². The minimum absolute atomic E-state index is 0.00473. The number of hydrogen-bond acceptors (Lipinski definition) is 4. The smallest absolute Gasteiger partial charge is 0.238 e. The second-order valence-corrected chi connectivity index (χ2v) is 6.68. The Morgan fingerprint density at radius 2 is 1.86 bits per heavy atom. The average molecular weight is 326 g/mol. The van der Waals surface area contributed by atoms with Crippen molar-refractivity contribution in [3.05, 3.63) is 53.1 Å². The summed E-state index contributed by atoms with van der Waals surface area (Å²) in [5, 5.41) is 5.75. The van der Waals surface area contributed by atoms with Crippen LogP contribution in [0.5, 0.6) is 0 Å². The zero-order valence-electron chi connectivity index (χ0n) is 11.5. The minimum Gasteiger partial charge on any atom is -0.397 e. The predicted molar refractivity (Wildman–Crippen MR) is 85.8 cm³/mol. The maximum atomic E-state index is 11.3. The highest BCUT2D eigenvalue weighted by atomic mass is 35.5. The van der Waals surface area contributed by atoms with Gasteiger partial charge in [-0.3, -0.25) is 0 Å². The van der Waals surface area contributed by atoms with Crippen molar-refractivity contribution in [2.45, 2.75) is 11.4 Å². The average Bonchev–Trinajstić information content (AvgIpc) is 2.40. The number of primary sulfonamides is 1. The molecule has 0 spiro atoms. The van der Waals surface area contributed by atoms with Crippen LogP contribution in [0.2, 0.25) is 5.02 Å². The van der Waals surface area contributed by atoms with Crippen LogP contribution in [0.15, 0.2) is 47.4 Å². The lowest BCUT2D eigenvalue weighted by atomic mass is 10.2. The molecule has 0 heterocycles. The summed E-state index contributed by atoms with van der Waals surface area (Å²) in [4.78, 5) is 1.89. The number of benzene rings is 2. The summed E-state index contributed by atoms with van der Waals surface area (Å²) < 4.78 is 22.6. The fraction of sp³-hybridized carbons (Fsp3) is 0.143. The maximum Gasteiger partial charge on any atom is 0.238 e. The zero-order valence-corrected chi connectivity index (χ0v) is 13.0. The molecule has 0 unspecified atom stereocenters. The summed E-state index contributed by atoms with van der Waals surface area (Å²) in [5.74, 6) is 0. The molecule has 21 heavy (non-hydrogen) atoms. The lowest BCUT2D eigenvalue weighted by Crippen LogP contribution is -2.19. The van der Waals surface area contributed by atoms with E-state index in [1.165, 1.54) is 12.1 Å². The molecule has 0 saturated carbocycles. The van der Waals surface area contributed by atoms with E-state index in [2.05, 4.69) is 0 Å². The monoisotopic (exact) mass is 325 g/mol. The highest BCUT2D eigenvalue weighted by Gasteiger charge is 2.13. The standard InChI is InChI=1S/C14H16ClN3O2S/c1-18(9-10-4-2-3-5-12(10)15)14-7-6-11(8-13(14)16)21(17,19)20/h2-8H,9,16H2,1H3,(H2,17,19,20). The van der Waals surface area contributed by atoms with E-state index in [0.717, 1.165) is 5.56 Å². The molecule has 0 saturated heterocycles. The van der Waals surface area contributed by atoms with Crippen molar-refractivity contribution < 1.29 is 8.42 Å². The van der Waals surface area contributed by atoms with Gasteiger partial charge >= 0.3 is 0 Å². The first-order valence-electron chi connectivity index (χ1n) is 6.16. The first kappa shape index (κ1) is 15.6. The Balaban J connectivity index is 2.28. The topological polar surface area (TPSA) is 89.4 Å². The van der Waals surface area contributed by atoms with Gasteiger partial charge in [-0.25, -0.2) is 13.6 Å². The van der Waals surface area contributed by atoms with E-state index in [1.54, 1.807) is 6.07 Å². The number of nitrogen functional groups attached to an aromatic ring is 1. The number of halogens is 1. The molecule has 0 radical (unpaired) electrons. The van der Waals surface area contributed by atoms with Gasteiger partial charge in [0.05, 0.1) is 16.3 Å². The zero-order chi connectivity index (χ0) is 15.6. The normalized spacial score (nSPS) is 11.4. The third kappa shape index (κ3) is 3.66. The van der Waals surface area contributed by atoms with Gasteiger partial charge in [0, 0.05) is 18.6 Å². The van der Waals surface area contributed by atoms with E-state index in [0.29, 0.717) is 22.9 Å². The van der Waals surface area contributed by atoms with Crippen molar-refractivity contribution in [1.82, 2.24) is 0 Å². The van der Waals surface area contributed by atoms with Crippen LogP contribution in [0.4, 0.5) is 11.4 Å². The van der Waals surface area contributed by atoms with Crippen LogP contribution in [-0.2, 0) is 16.6 Å². The van der Waals surface area contributed by atoms with Gasteiger partial charge < -0.3 is 10.6 Å². The first-order chi connectivity index (χ1) is 9.79. The Labute approximate surface area is 129 Å². The van der Waals surface area contributed by atoms with Crippen LogP contribution in [0.25, 0.3) is 0 Å². The number of sulfonamides is 1. The molecule has 4 N–H and O–H groups in total. The summed E-state index contributed by atoms with van der Waals surface area (Å²) >= 11 is 6.13. The second-order valence-electron chi connectivity index (χ2n) is 4.71. The SMILES string of the molecule is CN(Cc1ccccc1Cl)c1ccc(S(N)(=O)=O)cc1N. The first-order valence-corrected chi connectivity index (χ1v) is 8.08. The molecule has 7 heteroatoms. The van der Waals surface area contributed by atoms with Gasteiger partial charge in [-0.05, 0) is 29.8 Å². The predicted octanol–water partition coefficient (Wildman–Crippen LogP) is 2.21. The highest BCUT2D eigenvalue weighted by molar-refractivity contribution is 7.89. The van der Waals surface area contributed by atoms with Crippen molar-refractivity contribution in [2.24, 2.45) is 5.14 Å². The molecule has 5 nitrogen and oxygen atoms in total. The van der Waals surface area contributed by atoms with Crippen molar-refractivity contribution in [2.75, 3.05) is 17.7 Å². The molecule has 0 aliphatic rings. The molecule has 0 aliphatic heterocycles. The molecule has 2 aromatic rings. The Hall–Kier alpha value is -1.76. The molecule has 112 valence electrons. The van der Waals surface area contributed by atoms with E-state index in [4.69, 9.17) is 22.5 Å². The van der Waals surface area contributed by atoms with Gasteiger partial charge in [-0.2, -0.15) is 0 Å². The van der Waals surface area contributed by atoms with Crippen molar-refractivity contribution >= 4 is 33.0 Å². The lowest BCUT2D eigenvalue weighted by Gasteiger charge is -2.22. The summed E-state index contributed by atoms with van der Waals surface area (Å²) in [6.45, 7) is 0.554. The molecule has 2 aromatic carbocycles. The number of nitrogens with zero attached hydrogens (tertiary/aromatic N) is 1. The lowest BCUT2D eigenvalue weighted by molar-refractivity contribution is 0.598. The Morgan fingerprint density at radius 3 is 2.43 bits per heavy atom. The van der Waals surface area contributed by atoms with Gasteiger partial charge in [0.1, 0.15) is 0 Å². The molecular formula is C14H16ClN3O2S. The van der Waals surface area contributed by atoms with Crippen molar-refractivity contribution in [1.29, 1.82) is 0 Å². The highest BCUT2D eigenvalue weighted by Crippen LogP contribution is 2.27. The van der Waals surface area contributed by atoms with Gasteiger partial charge in [0.15, 0.2) is 0 Å². The fourth-order valence-electron chi connectivity index (χ4n) is 2.02. The Kier molecular flexibility index (Phi) is 4.41. The molecule has 0 bridgehead atoms. The van der Waals surface area contributed by atoms with E-state index in [1.807, 2.05) is 36.2 Å². The van der Waals surface area contributed by atoms with Crippen molar-refractivity contribution in [3.63, 3.8) is 0 Å². The molecular weight excluding hydrogens is 310 g/mol.